The standard InChI is InChI=1S/C20H28N2O2/c1-19(2)10-15-11-20(3,12-19)13-22(15)18(23)8-6-14-5-7-17(24-4)16(21)9-14/h5-9,15H,10-13,21H2,1-4H3/b8-6-. The Labute approximate surface area is 144 Å². The van der Waals surface area contributed by atoms with Gasteiger partial charge in [0.2, 0.25) is 5.91 Å². The van der Waals surface area contributed by atoms with E-state index in [1.807, 2.05) is 24.3 Å². The molecule has 2 aliphatic rings. The van der Waals surface area contributed by atoms with E-state index >= 15 is 0 Å². The highest BCUT2D eigenvalue weighted by Gasteiger charge is 2.50. The van der Waals surface area contributed by atoms with Gasteiger partial charge in [-0.1, -0.05) is 26.8 Å². The normalized spacial score (nSPS) is 28.3. The van der Waals surface area contributed by atoms with Gasteiger partial charge in [-0.25, -0.2) is 0 Å². The van der Waals surface area contributed by atoms with Gasteiger partial charge >= 0.3 is 0 Å². The van der Waals surface area contributed by atoms with E-state index in [0.717, 1.165) is 24.9 Å². The Bertz CT molecular complexity index is 680. The number of likely N-dealkylation sites (tertiary alicyclic amines) is 1. The van der Waals surface area contributed by atoms with Crippen molar-refractivity contribution in [2.24, 2.45) is 10.8 Å². The third kappa shape index (κ3) is 3.28. The first-order chi connectivity index (χ1) is 11.2. The van der Waals surface area contributed by atoms with Gasteiger partial charge in [0, 0.05) is 18.7 Å². The average molecular weight is 328 g/mol. The lowest BCUT2D eigenvalue weighted by Crippen LogP contribution is -2.36. The number of amides is 1. The molecule has 1 heterocycles. The van der Waals surface area contributed by atoms with Gasteiger partial charge in [-0.3, -0.25) is 4.79 Å². The number of carbonyl (C=O) groups is 1. The lowest BCUT2D eigenvalue weighted by molar-refractivity contribution is -0.127. The molecule has 1 aromatic rings. The maximum Gasteiger partial charge on any atom is 0.246 e. The van der Waals surface area contributed by atoms with Crippen molar-refractivity contribution in [2.45, 2.75) is 46.1 Å². The smallest absolute Gasteiger partial charge is 0.246 e. The summed E-state index contributed by atoms with van der Waals surface area (Å²) < 4.78 is 5.16. The Morgan fingerprint density at radius 2 is 2.08 bits per heavy atom. The van der Waals surface area contributed by atoms with Crippen LogP contribution in [0.25, 0.3) is 6.08 Å². The summed E-state index contributed by atoms with van der Waals surface area (Å²) in [6, 6.07) is 5.93. The molecule has 2 fully saturated rings. The molecule has 130 valence electrons. The molecule has 1 saturated carbocycles. The van der Waals surface area contributed by atoms with Crippen molar-refractivity contribution in [3.63, 3.8) is 0 Å². The molecule has 3 rings (SSSR count). The fourth-order valence-electron chi connectivity index (χ4n) is 4.84. The third-order valence-electron chi connectivity index (χ3n) is 5.37. The number of benzene rings is 1. The van der Waals surface area contributed by atoms with Crippen LogP contribution in [-0.2, 0) is 4.79 Å². The minimum atomic E-state index is 0.107. The Kier molecular flexibility index (Phi) is 4.10. The SMILES string of the molecule is COc1ccc(/C=C\C(=O)N2CC3(C)CC2CC(C)(C)C3)cc1N. The topological polar surface area (TPSA) is 55.6 Å². The minimum Gasteiger partial charge on any atom is -0.495 e. The van der Waals surface area contributed by atoms with Crippen molar-refractivity contribution in [2.75, 3.05) is 19.4 Å². The van der Waals surface area contributed by atoms with E-state index in [-0.39, 0.29) is 11.3 Å². The Morgan fingerprint density at radius 3 is 2.75 bits per heavy atom. The summed E-state index contributed by atoms with van der Waals surface area (Å²) in [4.78, 5) is 14.8. The van der Waals surface area contributed by atoms with Gasteiger partial charge in [-0.05, 0) is 53.9 Å². The molecule has 1 aromatic carbocycles. The van der Waals surface area contributed by atoms with E-state index in [4.69, 9.17) is 10.5 Å². The van der Waals surface area contributed by atoms with Crippen LogP contribution in [0.2, 0.25) is 0 Å². The molecule has 0 spiro atoms. The lowest BCUT2D eigenvalue weighted by Gasteiger charge is -2.39. The van der Waals surface area contributed by atoms with Crippen LogP contribution < -0.4 is 10.5 Å². The van der Waals surface area contributed by atoms with E-state index < -0.39 is 0 Å². The number of fused-ring (bicyclic) bond motifs is 2. The second kappa shape index (κ2) is 5.83. The van der Waals surface area contributed by atoms with Crippen molar-refractivity contribution < 1.29 is 9.53 Å². The molecule has 0 aromatic heterocycles. The molecule has 1 saturated heterocycles. The number of ether oxygens (including phenoxy) is 1. The second-order valence-electron chi connectivity index (χ2n) is 8.51. The molecular weight excluding hydrogens is 300 g/mol. The number of methoxy groups -OCH3 is 1. The van der Waals surface area contributed by atoms with E-state index in [1.54, 1.807) is 13.2 Å². The monoisotopic (exact) mass is 328 g/mol. The van der Waals surface area contributed by atoms with Gasteiger partial charge in [0.05, 0.1) is 12.8 Å². The molecular formula is C20H28N2O2. The third-order valence-corrected chi connectivity index (χ3v) is 5.37. The van der Waals surface area contributed by atoms with Gasteiger partial charge in [0.1, 0.15) is 5.75 Å². The fraction of sp³-hybridized carbons (Fsp3) is 0.550. The summed E-state index contributed by atoms with van der Waals surface area (Å²) in [5.74, 6) is 0.762. The first-order valence-corrected chi connectivity index (χ1v) is 8.64. The number of rotatable bonds is 3. The number of hydrogen-bond donors (Lipinski definition) is 1. The molecule has 2 atom stereocenters. The zero-order valence-corrected chi connectivity index (χ0v) is 15.1. The number of nitrogens with zero attached hydrogens (tertiary/aromatic N) is 1. The van der Waals surface area contributed by atoms with Crippen molar-refractivity contribution in [3.8, 4) is 5.75 Å². The number of nitrogen functional groups attached to an aromatic ring is 1. The van der Waals surface area contributed by atoms with E-state index in [2.05, 4.69) is 25.7 Å². The van der Waals surface area contributed by atoms with Crippen molar-refractivity contribution in [3.05, 3.63) is 29.8 Å². The molecule has 4 heteroatoms. The Morgan fingerprint density at radius 1 is 1.33 bits per heavy atom. The molecule has 1 aliphatic heterocycles. The quantitative estimate of drug-likeness (QED) is 0.679. The first kappa shape index (κ1) is 16.9. The molecule has 1 amide bonds. The highest BCUT2D eigenvalue weighted by atomic mass is 16.5. The van der Waals surface area contributed by atoms with Gasteiger partial charge in [0.25, 0.3) is 0 Å². The number of anilines is 1. The predicted octanol–water partition coefficient (Wildman–Crippen LogP) is 3.72. The Balaban J connectivity index is 1.73. The summed E-state index contributed by atoms with van der Waals surface area (Å²) in [5.41, 5.74) is 8.00. The highest BCUT2D eigenvalue weighted by molar-refractivity contribution is 5.92. The number of hydrogen-bond acceptors (Lipinski definition) is 3. The lowest BCUT2D eigenvalue weighted by atomic mass is 9.65. The highest BCUT2D eigenvalue weighted by Crippen LogP contribution is 2.52. The van der Waals surface area contributed by atoms with Crippen LogP contribution in [0.15, 0.2) is 24.3 Å². The van der Waals surface area contributed by atoms with Gasteiger partial charge in [0.15, 0.2) is 0 Å². The van der Waals surface area contributed by atoms with Crippen LogP contribution >= 0.6 is 0 Å². The van der Waals surface area contributed by atoms with Crippen LogP contribution in [0.1, 0.15) is 45.6 Å². The summed E-state index contributed by atoms with van der Waals surface area (Å²) in [7, 11) is 1.60. The van der Waals surface area contributed by atoms with Crippen LogP contribution in [0.3, 0.4) is 0 Å². The summed E-state index contributed by atoms with van der Waals surface area (Å²) in [5, 5.41) is 0. The largest absolute Gasteiger partial charge is 0.495 e. The number of carbonyl (C=O) groups excluding carboxylic acids is 1. The predicted molar refractivity (Wildman–Crippen MR) is 97.7 cm³/mol. The zero-order valence-electron chi connectivity index (χ0n) is 15.1. The van der Waals surface area contributed by atoms with Gasteiger partial charge < -0.3 is 15.4 Å². The van der Waals surface area contributed by atoms with Gasteiger partial charge in [-0.15, -0.1) is 0 Å². The Hall–Kier alpha value is -1.97. The minimum absolute atomic E-state index is 0.107. The van der Waals surface area contributed by atoms with Crippen LogP contribution in [-0.4, -0.2) is 30.5 Å². The molecule has 24 heavy (non-hydrogen) atoms. The van der Waals surface area contributed by atoms with Crippen LogP contribution in [0.4, 0.5) is 5.69 Å². The summed E-state index contributed by atoms with van der Waals surface area (Å²) >= 11 is 0. The molecule has 2 unspecified atom stereocenters. The molecule has 2 bridgehead atoms. The maximum atomic E-state index is 12.7. The average Bonchev–Trinajstić information content (AvgIpc) is 2.74. The van der Waals surface area contributed by atoms with Crippen molar-refractivity contribution >= 4 is 17.7 Å². The van der Waals surface area contributed by atoms with Gasteiger partial charge in [-0.2, -0.15) is 0 Å². The van der Waals surface area contributed by atoms with Crippen molar-refractivity contribution in [1.82, 2.24) is 4.90 Å². The molecule has 2 N–H and O–H groups in total. The fourth-order valence-corrected chi connectivity index (χ4v) is 4.84. The number of nitrogens with two attached hydrogens (primary N) is 1. The van der Waals surface area contributed by atoms with E-state index in [9.17, 15) is 4.79 Å². The van der Waals surface area contributed by atoms with Crippen LogP contribution in [0, 0.1) is 10.8 Å². The van der Waals surface area contributed by atoms with E-state index in [0.29, 0.717) is 22.9 Å². The van der Waals surface area contributed by atoms with E-state index in [1.165, 1.54) is 6.42 Å². The molecule has 1 aliphatic carbocycles. The first-order valence-electron chi connectivity index (χ1n) is 8.64. The maximum absolute atomic E-state index is 12.7. The summed E-state index contributed by atoms with van der Waals surface area (Å²) in [6.45, 7) is 7.83. The van der Waals surface area contributed by atoms with Crippen molar-refractivity contribution in [1.29, 1.82) is 0 Å². The second-order valence-corrected chi connectivity index (χ2v) is 8.51. The van der Waals surface area contributed by atoms with Crippen LogP contribution in [0.5, 0.6) is 5.75 Å². The zero-order chi connectivity index (χ0) is 17.5. The molecule has 4 nitrogen and oxygen atoms in total. The summed E-state index contributed by atoms with van der Waals surface area (Å²) in [6.07, 6.45) is 6.94. The molecule has 0 radical (unpaired) electrons.